The molecule has 0 fully saturated rings. The second kappa shape index (κ2) is 7.67. The number of carbonyl (C=O) groups excluding carboxylic acids is 1. The first kappa shape index (κ1) is 19.1. The van der Waals surface area contributed by atoms with Crippen LogP contribution in [0.5, 0.6) is 0 Å². The number of hydrogen-bond acceptors (Lipinski definition) is 3. The third-order valence-corrected chi connectivity index (χ3v) is 6.74. The van der Waals surface area contributed by atoms with E-state index in [1.54, 1.807) is 30.3 Å². The molecule has 1 heterocycles. The number of sulfonamides is 1. The van der Waals surface area contributed by atoms with E-state index in [2.05, 4.69) is 5.32 Å². The Kier molecular flexibility index (Phi) is 5.07. The van der Waals surface area contributed by atoms with Gasteiger partial charge in [-0.2, -0.15) is 0 Å². The van der Waals surface area contributed by atoms with Crippen LogP contribution in [0.2, 0.25) is 0 Å². The van der Waals surface area contributed by atoms with Gasteiger partial charge < -0.3 is 5.32 Å². The number of para-hydroxylation sites is 1. The van der Waals surface area contributed by atoms with Gasteiger partial charge in [0.1, 0.15) is 5.82 Å². The molecule has 5 nitrogen and oxygen atoms in total. The van der Waals surface area contributed by atoms with Crippen LogP contribution >= 0.6 is 0 Å². The molecule has 1 aliphatic heterocycles. The van der Waals surface area contributed by atoms with E-state index in [4.69, 9.17) is 0 Å². The summed E-state index contributed by atoms with van der Waals surface area (Å²) in [5, 5.41) is 2.63. The lowest BCUT2D eigenvalue weighted by Crippen LogP contribution is -2.29. The molecule has 0 aromatic heterocycles. The highest BCUT2D eigenvalue weighted by Crippen LogP contribution is 2.32. The first-order valence-corrected chi connectivity index (χ1v) is 10.6. The molecule has 3 aromatic carbocycles. The molecule has 1 N–H and O–H groups in total. The molecular weight excluding hydrogens is 391 g/mol. The Bertz CT molecular complexity index is 1180. The Labute approximate surface area is 168 Å². The molecule has 29 heavy (non-hydrogen) atoms. The van der Waals surface area contributed by atoms with Gasteiger partial charge in [-0.15, -0.1) is 0 Å². The lowest BCUT2D eigenvalue weighted by Gasteiger charge is -2.20. The summed E-state index contributed by atoms with van der Waals surface area (Å²) in [4.78, 5) is 12.5. The minimum atomic E-state index is -3.79. The van der Waals surface area contributed by atoms with E-state index in [0.29, 0.717) is 24.2 Å². The van der Waals surface area contributed by atoms with Crippen molar-refractivity contribution >= 4 is 21.6 Å². The topological polar surface area (TPSA) is 66.5 Å². The Morgan fingerprint density at radius 2 is 1.76 bits per heavy atom. The average Bonchev–Trinajstić information content (AvgIpc) is 3.18. The second-order valence-corrected chi connectivity index (χ2v) is 8.62. The SMILES string of the molecule is O=C(NCc1ccccc1F)c1cccc(S(=O)(=O)N2CCc3ccccc32)c1. The fourth-order valence-corrected chi connectivity index (χ4v) is 4.95. The number of carbonyl (C=O) groups is 1. The summed E-state index contributed by atoms with van der Waals surface area (Å²) in [5.41, 5.74) is 2.21. The predicted octanol–water partition coefficient (Wildman–Crippen LogP) is 3.51. The summed E-state index contributed by atoms with van der Waals surface area (Å²) in [7, 11) is -3.79. The maximum Gasteiger partial charge on any atom is 0.264 e. The molecule has 0 unspecified atom stereocenters. The standard InChI is InChI=1S/C22H19FN2O3S/c23-20-10-3-1-7-18(20)15-24-22(26)17-8-5-9-19(14-17)29(27,28)25-13-12-16-6-2-4-11-21(16)25/h1-11,14H,12-13,15H2,(H,24,26). The zero-order valence-electron chi connectivity index (χ0n) is 15.5. The number of anilines is 1. The zero-order chi connectivity index (χ0) is 20.4. The van der Waals surface area contributed by atoms with Crippen molar-refractivity contribution < 1.29 is 17.6 Å². The minimum Gasteiger partial charge on any atom is -0.348 e. The van der Waals surface area contributed by atoms with E-state index in [9.17, 15) is 17.6 Å². The predicted molar refractivity (Wildman–Crippen MR) is 109 cm³/mol. The molecule has 0 radical (unpaired) electrons. The lowest BCUT2D eigenvalue weighted by atomic mass is 10.2. The van der Waals surface area contributed by atoms with Crippen molar-refractivity contribution in [3.05, 3.63) is 95.3 Å². The normalized spacial score (nSPS) is 13.2. The molecule has 0 saturated carbocycles. The van der Waals surface area contributed by atoms with Crippen LogP contribution < -0.4 is 9.62 Å². The monoisotopic (exact) mass is 410 g/mol. The van der Waals surface area contributed by atoms with Gasteiger partial charge in [-0.3, -0.25) is 9.10 Å². The van der Waals surface area contributed by atoms with Crippen molar-refractivity contribution in [2.45, 2.75) is 17.9 Å². The smallest absolute Gasteiger partial charge is 0.264 e. The van der Waals surface area contributed by atoms with Gasteiger partial charge in [0.2, 0.25) is 0 Å². The van der Waals surface area contributed by atoms with E-state index in [0.717, 1.165) is 5.56 Å². The molecule has 0 bridgehead atoms. The van der Waals surface area contributed by atoms with E-state index in [1.807, 2.05) is 12.1 Å². The van der Waals surface area contributed by atoms with E-state index >= 15 is 0 Å². The maximum absolute atomic E-state index is 13.7. The molecular formula is C22H19FN2O3S. The number of nitrogens with zero attached hydrogens (tertiary/aromatic N) is 1. The highest BCUT2D eigenvalue weighted by molar-refractivity contribution is 7.92. The highest BCUT2D eigenvalue weighted by Gasteiger charge is 2.30. The second-order valence-electron chi connectivity index (χ2n) is 6.76. The minimum absolute atomic E-state index is 0.0159. The van der Waals surface area contributed by atoms with Gasteiger partial charge in [0.15, 0.2) is 0 Å². The van der Waals surface area contributed by atoms with Crippen molar-refractivity contribution in [2.24, 2.45) is 0 Å². The van der Waals surface area contributed by atoms with Crippen molar-refractivity contribution in [3.63, 3.8) is 0 Å². The molecule has 0 spiro atoms. The summed E-state index contributed by atoms with van der Waals surface area (Å²) >= 11 is 0. The summed E-state index contributed by atoms with van der Waals surface area (Å²) in [6.07, 6.45) is 0.651. The fraction of sp³-hybridized carbons (Fsp3) is 0.136. The summed E-state index contributed by atoms with van der Waals surface area (Å²) in [6.45, 7) is 0.382. The van der Waals surface area contributed by atoms with Crippen LogP contribution in [-0.2, 0) is 23.0 Å². The van der Waals surface area contributed by atoms with Gasteiger partial charge in [-0.05, 0) is 42.3 Å². The first-order chi connectivity index (χ1) is 14.0. The summed E-state index contributed by atoms with van der Waals surface area (Å²) < 4.78 is 41.4. The molecule has 1 aliphatic rings. The van der Waals surface area contributed by atoms with Crippen LogP contribution in [0, 0.1) is 5.82 Å². The van der Waals surface area contributed by atoms with Crippen LogP contribution in [0.4, 0.5) is 10.1 Å². The third-order valence-electron chi connectivity index (χ3n) is 4.93. The maximum atomic E-state index is 13.7. The van der Waals surface area contributed by atoms with E-state index < -0.39 is 21.7 Å². The fourth-order valence-electron chi connectivity index (χ4n) is 3.40. The molecule has 7 heteroatoms. The highest BCUT2D eigenvalue weighted by atomic mass is 32.2. The first-order valence-electron chi connectivity index (χ1n) is 9.19. The number of halogens is 1. The Hall–Kier alpha value is -3.19. The summed E-state index contributed by atoms with van der Waals surface area (Å²) in [5.74, 6) is -0.871. The van der Waals surface area contributed by atoms with E-state index in [1.165, 1.54) is 34.6 Å². The number of rotatable bonds is 5. The summed E-state index contributed by atoms with van der Waals surface area (Å²) in [6, 6.07) is 19.5. The number of hydrogen-bond donors (Lipinski definition) is 1. The van der Waals surface area contributed by atoms with Gasteiger partial charge in [0.25, 0.3) is 15.9 Å². The van der Waals surface area contributed by atoms with Crippen molar-refractivity contribution in [2.75, 3.05) is 10.8 Å². The van der Waals surface area contributed by atoms with Gasteiger partial charge in [0.05, 0.1) is 10.6 Å². The van der Waals surface area contributed by atoms with Crippen LogP contribution in [0.25, 0.3) is 0 Å². The zero-order valence-corrected chi connectivity index (χ0v) is 16.3. The van der Waals surface area contributed by atoms with Crippen LogP contribution in [0.1, 0.15) is 21.5 Å². The molecule has 4 rings (SSSR count). The molecule has 1 amide bonds. The molecule has 0 saturated heterocycles. The van der Waals surface area contributed by atoms with E-state index in [-0.39, 0.29) is 17.0 Å². The molecule has 148 valence electrons. The number of amides is 1. The largest absolute Gasteiger partial charge is 0.348 e. The number of nitrogens with one attached hydrogen (secondary N) is 1. The Balaban J connectivity index is 1.56. The quantitative estimate of drug-likeness (QED) is 0.700. The van der Waals surface area contributed by atoms with Crippen molar-refractivity contribution in [1.82, 2.24) is 5.32 Å². The molecule has 0 aliphatic carbocycles. The Morgan fingerprint density at radius 3 is 2.59 bits per heavy atom. The van der Waals surface area contributed by atoms with Crippen LogP contribution in [-0.4, -0.2) is 20.9 Å². The van der Waals surface area contributed by atoms with Gasteiger partial charge in [-0.25, -0.2) is 12.8 Å². The van der Waals surface area contributed by atoms with Gasteiger partial charge >= 0.3 is 0 Å². The van der Waals surface area contributed by atoms with Crippen LogP contribution in [0.3, 0.4) is 0 Å². The number of fused-ring (bicyclic) bond motifs is 1. The Morgan fingerprint density at radius 1 is 1.00 bits per heavy atom. The average molecular weight is 410 g/mol. The van der Waals surface area contributed by atoms with Crippen LogP contribution in [0.15, 0.2) is 77.7 Å². The van der Waals surface area contributed by atoms with Crippen molar-refractivity contribution in [3.8, 4) is 0 Å². The molecule has 3 aromatic rings. The van der Waals surface area contributed by atoms with Crippen molar-refractivity contribution in [1.29, 1.82) is 0 Å². The third kappa shape index (κ3) is 3.73. The number of benzene rings is 3. The lowest BCUT2D eigenvalue weighted by molar-refractivity contribution is 0.0950. The van der Waals surface area contributed by atoms with Gasteiger partial charge in [-0.1, -0.05) is 42.5 Å². The van der Waals surface area contributed by atoms with Gasteiger partial charge in [0, 0.05) is 24.2 Å². The molecule has 0 atom stereocenters.